The Bertz CT molecular complexity index is 455. The predicted octanol–water partition coefficient (Wildman–Crippen LogP) is 2.47. The highest BCUT2D eigenvalue weighted by Crippen LogP contribution is 2.15. The van der Waals surface area contributed by atoms with Crippen molar-refractivity contribution in [1.82, 2.24) is 20.0 Å². The molecule has 158 valence electrons. The molecule has 2 heterocycles. The third-order valence-electron chi connectivity index (χ3n) is 5.24. The van der Waals surface area contributed by atoms with Crippen molar-refractivity contribution in [2.24, 2.45) is 10.9 Å². The molecule has 0 aromatic carbocycles. The van der Waals surface area contributed by atoms with E-state index in [2.05, 4.69) is 27.0 Å². The van der Waals surface area contributed by atoms with Crippen LogP contribution in [0, 0.1) is 5.92 Å². The van der Waals surface area contributed by atoms with Crippen molar-refractivity contribution in [3.05, 3.63) is 0 Å². The number of guanidine groups is 1. The molecule has 1 N–H and O–H groups in total. The van der Waals surface area contributed by atoms with Crippen LogP contribution in [-0.4, -0.2) is 92.8 Å². The van der Waals surface area contributed by atoms with E-state index in [4.69, 9.17) is 4.74 Å². The molecule has 0 aliphatic carbocycles. The Morgan fingerprint density at radius 3 is 2.48 bits per heavy atom. The quantitative estimate of drug-likeness (QED) is 0.266. The van der Waals surface area contributed by atoms with Crippen LogP contribution in [0.2, 0.25) is 0 Å². The number of rotatable bonds is 6. The van der Waals surface area contributed by atoms with Crippen LogP contribution >= 0.6 is 24.0 Å². The Kier molecular flexibility index (Phi) is 12.1. The topological polar surface area (TPSA) is 60.4 Å². The lowest BCUT2D eigenvalue weighted by atomic mass is 10.0. The number of carbonyl (C=O) groups is 1. The Morgan fingerprint density at radius 1 is 1.15 bits per heavy atom. The van der Waals surface area contributed by atoms with Crippen LogP contribution in [0.3, 0.4) is 0 Å². The summed E-state index contributed by atoms with van der Waals surface area (Å²) in [5, 5.41) is 3.48. The average molecular weight is 495 g/mol. The zero-order valence-corrected chi connectivity index (χ0v) is 19.6. The fourth-order valence-electron chi connectivity index (χ4n) is 3.80. The first kappa shape index (κ1) is 24.3. The molecule has 0 spiro atoms. The van der Waals surface area contributed by atoms with E-state index in [1.54, 1.807) is 4.90 Å². The minimum atomic E-state index is -0.206. The Hall–Kier alpha value is -0.770. The van der Waals surface area contributed by atoms with Crippen molar-refractivity contribution < 1.29 is 9.53 Å². The molecule has 0 aromatic rings. The number of likely N-dealkylation sites (tertiary alicyclic amines) is 1. The highest BCUT2D eigenvalue weighted by Gasteiger charge is 2.23. The van der Waals surface area contributed by atoms with Crippen LogP contribution in [-0.2, 0) is 4.74 Å². The molecular formula is C19H38IN5O2. The lowest BCUT2D eigenvalue weighted by molar-refractivity contribution is 0.0914. The van der Waals surface area contributed by atoms with Gasteiger partial charge in [0.15, 0.2) is 5.96 Å². The van der Waals surface area contributed by atoms with Crippen LogP contribution in [0.1, 0.15) is 39.5 Å². The summed E-state index contributed by atoms with van der Waals surface area (Å²) in [6, 6.07) is 0. The molecule has 2 aliphatic heterocycles. The van der Waals surface area contributed by atoms with Crippen LogP contribution in [0.4, 0.5) is 4.79 Å². The third-order valence-corrected chi connectivity index (χ3v) is 5.24. The normalized spacial score (nSPS) is 21.6. The van der Waals surface area contributed by atoms with Crippen molar-refractivity contribution in [3.63, 3.8) is 0 Å². The second-order valence-electron chi connectivity index (χ2n) is 7.40. The lowest BCUT2D eigenvalue weighted by Crippen LogP contribution is -2.54. The molecule has 2 saturated heterocycles. The van der Waals surface area contributed by atoms with Crippen molar-refractivity contribution >= 4 is 36.0 Å². The molecule has 2 aliphatic rings. The molecular weight excluding hydrogens is 457 g/mol. The first-order chi connectivity index (χ1) is 12.6. The number of unbranched alkanes of at least 4 members (excludes halogenated alkanes) is 1. The summed E-state index contributed by atoms with van der Waals surface area (Å²) in [6.07, 6.45) is 4.92. The molecule has 0 bridgehead atoms. The van der Waals surface area contributed by atoms with E-state index in [0.29, 0.717) is 19.7 Å². The average Bonchev–Trinajstić information content (AvgIpc) is 2.65. The minimum absolute atomic E-state index is 0. The summed E-state index contributed by atoms with van der Waals surface area (Å²) in [6.45, 7) is 12.3. The molecule has 0 aromatic heterocycles. The number of piperazine rings is 1. The molecule has 2 fully saturated rings. The number of piperidine rings is 1. The summed E-state index contributed by atoms with van der Waals surface area (Å²) in [7, 11) is 1.83. The number of ether oxygens (including phenoxy) is 1. The number of hydrogen-bond acceptors (Lipinski definition) is 4. The van der Waals surface area contributed by atoms with Crippen LogP contribution in [0.25, 0.3) is 0 Å². The van der Waals surface area contributed by atoms with E-state index < -0.39 is 0 Å². The molecule has 1 unspecified atom stereocenters. The van der Waals surface area contributed by atoms with Crippen molar-refractivity contribution in [3.8, 4) is 0 Å². The molecule has 2 rings (SSSR count). The number of nitrogens with zero attached hydrogens (tertiary/aromatic N) is 4. The number of nitrogens with one attached hydrogen (secondary N) is 1. The van der Waals surface area contributed by atoms with Crippen LogP contribution in [0.15, 0.2) is 4.99 Å². The van der Waals surface area contributed by atoms with Gasteiger partial charge in [0.05, 0.1) is 6.61 Å². The molecule has 27 heavy (non-hydrogen) atoms. The van der Waals surface area contributed by atoms with Gasteiger partial charge in [0, 0.05) is 46.3 Å². The highest BCUT2D eigenvalue weighted by atomic mass is 127. The van der Waals surface area contributed by atoms with E-state index in [1.807, 2.05) is 14.0 Å². The van der Waals surface area contributed by atoms with Crippen molar-refractivity contribution in [2.75, 3.05) is 66.0 Å². The van der Waals surface area contributed by atoms with Gasteiger partial charge in [-0.25, -0.2) is 4.79 Å². The fourth-order valence-corrected chi connectivity index (χ4v) is 3.80. The summed E-state index contributed by atoms with van der Waals surface area (Å²) < 4.78 is 5.07. The largest absolute Gasteiger partial charge is 0.450 e. The third kappa shape index (κ3) is 8.41. The first-order valence-electron chi connectivity index (χ1n) is 10.2. The number of hydrogen-bond donors (Lipinski definition) is 1. The standard InChI is InChI=1S/C19H37N5O2.HI/c1-4-26-19(25)24-14-12-23(13-15-24)18(20-3)21-9-5-6-10-22-11-7-8-17(2)16-22;/h17H,4-16H2,1-3H3,(H,20,21);1H. The second kappa shape index (κ2) is 13.4. The zero-order chi connectivity index (χ0) is 18.8. The van der Waals surface area contributed by atoms with Crippen molar-refractivity contribution in [2.45, 2.75) is 39.5 Å². The number of aliphatic imine (C=N–C) groups is 1. The lowest BCUT2D eigenvalue weighted by Gasteiger charge is -2.36. The molecule has 1 amide bonds. The minimum Gasteiger partial charge on any atom is -0.450 e. The summed E-state index contributed by atoms with van der Waals surface area (Å²) in [4.78, 5) is 22.8. The maximum absolute atomic E-state index is 11.8. The van der Waals surface area contributed by atoms with E-state index in [0.717, 1.165) is 37.9 Å². The van der Waals surface area contributed by atoms with Gasteiger partial charge in [-0.3, -0.25) is 4.99 Å². The van der Waals surface area contributed by atoms with E-state index in [9.17, 15) is 4.79 Å². The molecule has 8 heteroatoms. The smallest absolute Gasteiger partial charge is 0.409 e. The maximum Gasteiger partial charge on any atom is 0.409 e. The van der Waals surface area contributed by atoms with Gasteiger partial charge < -0.3 is 24.8 Å². The molecule has 1 atom stereocenters. The Labute approximate surface area is 181 Å². The van der Waals surface area contributed by atoms with Gasteiger partial charge in [0.25, 0.3) is 0 Å². The van der Waals surface area contributed by atoms with E-state index >= 15 is 0 Å². The maximum atomic E-state index is 11.8. The number of carbonyl (C=O) groups excluding carboxylic acids is 1. The van der Waals surface area contributed by atoms with E-state index in [-0.39, 0.29) is 30.1 Å². The number of amides is 1. The summed E-state index contributed by atoms with van der Waals surface area (Å²) in [5.74, 6) is 1.80. The van der Waals surface area contributed by atoms with Gasteiger partial charge in [-0.05, 0) is 51.6 Å². The van der Waals surface area contributed by atoms with Crippen LogP contribution in [0.5, 0.6) is 0 Å². The Morgan fingerprint density at radius 2 is 1.85 bits per heavy atom. The first-order valence-corrected chi connectivity index (χ1v) is 10.2. The summed E-state index contributed by atoms with van der Waals surface area (Å²) >= 11 is 0. The van der Waals surface area contributed by atoms with Gasteiger partial charge >= 0.3 is 6.09 Å². The van der Waals surface area contributed by atoms with E-state index in [1.165, 1.54) is 38.9 Å². The fraction of sp³-hybridized carbons (Fsp3) is 0.895. The molecule has 0 radical (unpaired) electrons. The SMILES string of the molecule is CCOC(=O)N1CCN(C(=NC)NCCCCN2CCCC(C)C2)CC1.I. The van der Waals surface area contributed by atoms with Gasteiger partial charge in [-0.15, -0.1) is 24.0 Å². The predicted molar refractivity (Wildman–Crippen MR) is 121 cm³/mol. The molecule has 0 saturated carbocycles. The summed E-state index contributed by atoms with van der Waals surface area (Å²) in [5.41, 5.74) is 0. The van der Waals surface area contributed by atoms with Crippen LogP contribution < -0.4 is 5.32 Å². The van der Waals surface area contributed by atoms with Crippen molar-refractivity contribution in [1.29, 1.82) is 0 Å². The van der Waals surface area contributed by atoms with Gasteiger partial charge in [-0.2, -0.15) is 0 Å². The second-order valence-corrected chi connectivity index (χ2v) is 7.40. The van der Waals surface area contributed by atoms with Gasteiger partial charge in [0.1, 0.15) is 0 Å². The monoisotopic (exact) mass is 495 g/mol. The Balaban J connectivity index is 0.00000364. The number of halogens is 1. The molecule has 7 nitrogen and oxygen atoms in total. The van der Waals surface area contributed by atoms with Gasteiger partial charge in [-0.1, -0.05) is 6.92 Å². The van der Waals surface area contributed by atoms with Gasteiger partial charge in [0.2, 0.25) is 0 Å². The zero-order valence-electron chi connectivity index (χ0n) is 17.3. The highest BCUT2D eigenvalue weighted by molar-refractivity contribution is 14.0.